The number of rotatable bonds is 4. The number of hydrogen-bond donors (Lipinski definition) is 0. The van der Waals surface area contributed by atoms with Crippen LogP contribution in [-0.4, -0.2) is 36.0 Å². The Morgan fingerprint density at radius 1 is 0.591 bits per heavy atom. The first kappa shape index (κ1) is 15.8. The van der Waals surface area contributed by atoms with Crippen molar-refractivity contribution in [3.05, 3.63) is 69.7 Å². The van der Waals surface area contributed by atoms with Crippen molar-refractivity contribution in [1.29, 1.82) is 0 Å². The first-order valence-corrected chi connectivity index (χ1v) is 8.38. The van der Waals surface area contributed by atoms with E-state index in [-0.39, 0.29) is 0 Å². The zero-order valence-electron chi connectivity index (χ0n) is 12.5. The predicted molar refractivity (Wildman–Crippen MR) is 93.5 cm³/mol. The minimum Gasteiger partial charge on any atom is -0.297 e. The van der Waals surface area contributed by atoms with Crippen molar-refractivity contribution in [2.45, 2.75) is 13.1 Å². The normalized spacial score (nSPS) is 16.8. The molecule has 0 bridgehead atoms. The zero-order chi connectivity index (χ0) is 15.4. The van der Waals surface area contributed by atoms with Crippen molar-refractivity contribution in [2.75, 3.05) is 26.2 Å². The molecule has 0 N–H and O–H groups in total. The summed E-state index contributed by atoms with van der Waals surface area (Å²) in [6.07, 6.45) is 0. The molecule has 0 unspecified atom stereocenters. The molecule has 22 heavy (non-hydrogen) atoms. The van der Waals surface area contributed by atoms with Gasteiger partial charge >= 0.3 is 0 Å². The fraction of sp³-hybridized carbons (Fsp3) is 0.333. The van der Waals surface area contributed by atoms with Gasteiger partial charge in [0.2, 0.25) is 0 Å². The van der Waals surface area contributed by atoms with Crippen LogP contribution in [0.4, 0.5) is 0 Å². The summed E-state index contributed by atoms with van der Waals surface area (Å²) < 4.78 is 0. The highest BCUT2D eigenvalue weighted by atomic mass is 35.5. The van der Waals surface area contributed by atoms with Crippen molar-refractivity contribution >= 4 is 23.2 Å². The topological polar surface area (TPSA) is 6.48 Å². The van der Waals surface area contributed by atoms with Gasteiger partial charge in [-0.25, -0.2) is 0 Å². The predicted octanol–water partition coefficient (Wildman–Crippen LogP) is 4.31. The van der Waals surface area contributed by atoms with E-state index in [0.717, 1.165) is 49.3 Å². The van der Waals surface area contributed by atoms with Crippen molar-refractivity contribution in [3.8, 4) is 0 Å². The molecule has 0 spiro atoms. The summed E-state index contributed by atoms with van der Waals surface area (Å²) in [7, 11) is 0. The fourth-order valence-electron chi connectivity index (χ4n) is 2.80. The molecule has 2 nitrogen and oxygen atoms in total. The van der Waals surface area contributed by atoms with Crippen LogP contribution in [0.2, 0.25) is 10.0 Å². The Hall–Kier alpha value is -1.06. The van der Waals surface area contributed by atoms with Gasteiger partial charge in [0.1, 0.15) is 0 Å². The Bertz CT molecular complexity index is 532. The maximum Gasteiger partial charge on any atom is 0.0406 e. The molecule has 0 amide bonds. The van der Waals surface area contributed by atoms with E-state index in [0.29, 0.717) is 0 Å². The summed E-state index contributed by atoms with van der Waals surface area (Å²) in [5, 5.41) is 1.60. The maximum atomic E-state index is 5.93. The van der Waals surface area contributed by atoms with E-state index in [1.54, 1.807) is 0 Å². The van der Waals surface area contributed by atoms with Crippen LogP contribution in [-0.2, 0) is 13.1 Å². The van der Waals surface area contributed by atoms with Crippen LogP contribution >= 0.6 is 23.2 Å². The lowest BCUT2D eigenvalue weighted by molar-refractivity contribution is 0.122. The number of nitrogens with zero attached hydrogens (tertiary/aromatic N) is 2. The van der Waals surface area contributed by atoms with Crippen molar-refractivity contribution in [3.63, 3.8) is 0 Å². The van der Waals surface area contributed by atoms with Crippen molar-refractivity contribution in [2.24, 2.45) is 0 Å². The van der Waals surface area contributed by atoms with Gasteiger partial charge in [-0.2, -0.15) is 0 Å². The Balaban J connectivity index is 1.47. The van der Waals surface area contributed by atoms with Crippen LogP contribution in [0, 0.1) is 0 Å². The van der Waals surface area contributed by atoms with Crippen LogP contribution in [0.25, 0.3) is 0 Å². The van der Waals surface area contributed by atoms with Crippen LogP contribution in [0.3, 0.4) is 0 Å². The van der Waals surface area contributed by atoms with Crippen molar-refractivity contribution < 1.29 is 0 Å². The Labute approximate surface area is 142 Å². The van der Waals surface area contributed by atoms with Gasteiger partial charge in [-0.05, 0) is 35.4 Å². The van der Waals surface area contributed by atoms with Gasteiger partial charge in [0.25, 0.3) is 0 Å². The lowest BCUT2D eigenvalue weighted by atomic mass is 10.1. The molecule has 0 aliphatic carbocycles. The summed E-state index contributed by atoms with van der Waals surface area (Å²) in [6.45, 7) is 6.44. The first-order chi connectivity index (χ1) is 10.7. The lowest BCUT2D eigenvalue weighted by Crippen LogP contribution is -2.45. The van der Waals surface area contributed by atoms with Crippen molar-refractivity contribution in [1.82, 2.24) is 9.80 Å². The average molecular weight is 335 g/mol. The maximum absolute atomic E-state index is 5.93. The van der Waals surface area contributed by atoms with Crippen LogP contribution in [0.5, 0.6) is 0 Å². The molecule has 0 aromatic heterocycles. The van der Waals surface area contributed by atoms with E-state index in [4.69, 9.17) is 23.2 Å². The molecule has 1 aliphatic rings. The summed E-state index contributed by atoms with van der Waals surface area (Å²) in [5.74, 6) is 0. The molecule has 116 valence electrons. The lowest BCUT2D eigenvalue weighted by Gasteiger charge is -2.34. The summed E-state index contributed by atoms with van der Waals surface area (Å²) >= 11 is 11.9. The van der Waals surface area contributed by atoms with E-state index in [1.807, 2.05) is 24.3 Å². The minimum absolute atomic E-state index is 0.802. The average Bonchev–Trinajstić information content (AvgIpc) is 2.54. The third kappa shape index (κ3) is 4.47. The molecular formula is C18H20Cl2N2. The monoisotopic (exact) mass is 334 g/mol. The molecule has 2 aromatic rings. The van der Waals surface area contributed by atoms with Crippen LogP contribution in [0.15, 0.2) is 48.5 Å². The molecule has 1 fully saturated rings. The minimum atomic E-state index is 0.802. The largest absolute Gasteiger partial charge is 0.297 e. The van der Waals surface area contributed by atoms with Gasteiger partial charge in [0.05, 0.1) is 0 Å². The number of piperazine rings is 1. The van der Waals surface area contributed by atoms with Crippen LogP contribution in [0.1, 0.15) is 11.1 Å². The Morgan fingerprint density at radius 2 is 0.909 bits per heavy atom. The van der Waals surface area contributed by atoms with Gasteiger partial charge in [-0.1, -0.05) is 47.5 Å². The van der Waals surface area contributed by atoms with E-state index in [2.05, 4.69) is 34.1 Å². The highest BCUT2D eigenvalue weighted by molar-refractivity contribution is 6.30. The Kier molecular flexibility index (Phi) is 5.37. The van der Waals surface area contributed by atoms with E-state index in [1.165, 1.54) is 11.1 Å². The van der Waals surface area contributed by atoms with Crippen LogP contribution < -0.4 is 0 Å². The van der Waals surface area contributed by atoms with Gasteiger partial charge < -0.3 is 0 Å². The smallest absolute Gasteiger partial charge is 0.0406 e. The number of hydrogen-bond acceptors (Lipinski definition) is 2. The summed E-state index contributed by atoms with van der Waals surface area (Å²) in [5.41, 5.74) is 2.66. The third-order valence-corrected chi connectivity index (χ3v) is 4.61. The Morgan fingerprint density at radius 3 is 1.23 bits per heavy atom. The highest BCUT2D eigenvalue weighted by Crippen LogP contribution is 2.15. The van der Waals surface area contributed by atoms with Gasteiger partial charge in [-0.3, -0.25) is 9.80 Å². The summed E-state index contributed by atoms with van der Waals surface area (Å²) in [4.78, 5) is 5.00. The number of benzene rings is 2. The molecule has 1 aliphatic heterocycles. The SMILES string of the molecule is Clc1ccc(CN2CCN(Cc3ccc(Cl)cc3)CC2)cc1. The van der Waals surface area contributed by atoms with E-state index >= 15 is 0 Å². The third-order valence-electron chi connectivity index (χ3n) is 4.10. The molecule has 0 atom stereocenters. The second kappa shape index (κ2) is 7.47. The molecule has 3 rings (SSSR count). The summed E-state index contributed by atoms with van der Waals surface area (Å²) in [6, 6.07) is 16.3. The first-order valence-electron chi connectivity index (χ1n) is 7.63. The second-order valence-corrected chi connectivity index (χ2v) is 6.68. The molecular weight excluding hydrogens is 315 g/mol. The fourth-order valence-corrected chi connectivity index (χ4v) is 3.05. The zero-order valence-corrected chi connectivity index (χ0v) is 14.0. The van der Waals surface area contributed by atoms with Gasteiger partial charge in [-0.15, -0.1) is 0 Å². The van der Waals surface area contributed by atoms with Gasteiger partial charge in [0, 0.05) is 49.3 Å². The quantitative estimate of drug-likeness (QED) is 0.821. The van der Waals surface area contributed by atoms with E-state index in [9.17, 15) is 0 Å². The van der Waals surface area contributed by atoms with E-state index < -0.39 is 0 Å². The second-order valence-electron chi connectivity index (χ2n) is 5.81. The molecule has 1 heterocycles. The number of halogens is 2. The molecule has 4 heteroatoms. The molecule has 0 saturated carbocycles. The highest BCUT2D eigenvalue weighted by Gasteiger charge is 2.17. The molecule has 1 saturated heterocycles. The molecule has 2 aromatic carbocycles. The standard InChI is InChI=1S/C18H20Cl2N2/c19-17-5-1-15(2-6-17)13-21-9-11-22(12-10-21)14-16-3-7-18(20)8-4-16/h1-8H,9-14H2. The molecule has 0 radical (unpaired) electrons. The van der Waals surface area contributed by atoms with Gasteiger partial charge in [0.15, 0.2) is 0 Å².